The molecule has 2 fully saturated rings. The van der Waals surface area contributed by atoms with E-state index >= 15 is 0 Å². The fourth-order valence-corrected chi connectivity index (χ4v) is 3.35. The van der Waals surface area contributed by atoms with E-state index in [0.717, 1.165) is 52.0 Å². The number of hydrogen-bond donors (Lipinski definition) is 1. The van der Waals surface area contributed by atoms with Crippen LogP contribution < -0.4 is 0 Å². The van der Waals surface area contributed by atoms with Crippen molar-refractivity contribution in [2.75, 3.05) is 52.9 Å². The summed E-state index contributed by atoms with van der Waals surface area (Å²) in [5.41, 5.74) is 1.12. The molecule has 0 aliphatic carbocycles. The predicted octanol–water partition coefficient (Wildman–Crippen LogP) is 1.78. The van der Waals surface area contributed by atoms with Gasteiger partial charge >= 0.3 is 6.03 Å². The van der Waals surface area contributed by atoms with Crippen molar-refractivity contribution in [3.05, 3.63) is 11.6 Å². The maximum atomic E-state index is 12.7. The third-order valence-corrected chi connectivity index (χ3v) is 4.98. The maximum Gasteiger partial charge on any atom is 0.320 e. The van der Waals surface area contributed by atoms with Gasteiger partial charge in [-0.05, 0) is 40.2 Å². The Kier molecular flexibility index (Phi) is 5.87. The lowest BCUT2D eigenvalue weighted by molar-refractivity contribution is 0.0361. The van der Waals surface area contributed by atoms with Crippen LogP contribution in [0, 0.1) is 5.41 Å². The van der Waals surface area contributed by atoms with Crippen LogP contribution in [0.5, 0.6) is 0 Å². The molecule has 2 rings (SSSR count). The van der Waals surface area contributed by atoms with Crippen LogP contribution >= 0.6 is 0 Å². The summed E-state index contributed by atoms with van der Waals surface area (Å²) in [4.78, 5) is 18.9. The highest BCUT2D eigenvalue weighted by Gasteiger charge is 2.37. The van der Waals surface area contributed by atoms with Gasteiger partial charge in [-0.1, -0.05) is 11.6 Å². The Labute approximate surface area is 134 Å². The monoisotopic (exact) mass is 309 g/mol. The van der Waals surface area contributed by atoms with E-state index < -0.39 is 0 Å². The maximum absolute atomic E-state index is 12.7. The highest BCUT2D eigenvalue weighted by molar-refractivity contribution is 5.74. The zero-order valence-electron chi connectivity index (χ0n) is 14.3. The topological polar surface area (TPSA) is 47.0 Å². The predicted molar refractivity (Wildman–Crippen MR) is 88.8 cm³/mol. The fourth-order valence-electron chi connectivity index (χ4n) is 3.35. The molecule has 0 aromatic rings. The normalized spacial score (nSPS) is 26.9. The van der Waals surface area contributed by atoms with E-state index in [4.69, 9.17) is 0 Å². The minimum Gasteiger partial charge on any atom is -0.396 e. The van der Waals surface area contributed by atoms with E-state index in [-0.39, 0.29) is 18.1 Å². The molecule has 0 bridgehead atoms. The largest absolute Gasteiger partial charge is 0.396 e. The number of hydrogen-bond acceptors (Lipinski definition) is 3. The average Bonchev–Trinajstić information content (AvgIpc) is 2.53. The quantitative estimate of drug-likeness (QED) is 0.809. The third kappa shape index (κ3) is 4.23. The van der Waals surface area contributed by atoms with E-state index in [1.807, 2.05) is 9.80 Å². The third-order valence-electron chi connectivity index (χ3n) is 4.98. The Morgan fingerprint density at radius 3 is 2.41 bits per heavy atom. The number of aliphatic hydroxyl groups excluding tert-OH is 1. The molecule has 1 unspecified atom stereocenters. The smallest absolute Gasteiger partial charge is 0.320 e. The van der Waals surface area contributed by atoms with Crippen molar-refractivity contribution in [2.45, 2.75) is 33.1 Å². The number of allylic oxidation sites excluding steroid dienone is 2. The number of urea groups is 1. The average molecular weight is 309 g/mol. The Bertz CT molecular complexity index is 412. The number of piperazine rings is 1. The van der Waals surface area contributed by atoms with Crippen LogP contribution in [0.4, 0.5) is 4.79 Å². The van der Waals surface area contributed by atoms with Gasteiger partial charge in [0.1, 0.15) is 0 Å². The van der Waals surface area contributed by atoms with Crippen molar-refractivity contribution in [1.29, 1.82) is 0 Å². The number of likely N-dealkylation sites (tertiary alicyclic amines) is 1. The molecule has 0 aromatic carbocycles. The molecule has 126 valence electrons. The zero-order valence-corrected chi connectivity index (χ0v) is 14.3. The second-order valence-corrected chi connectivity index (χ2v) is 7.24. The van der Waals surface area contributed by atoms with Gasteiger partial charge in [0.2, 0.25) is 0 Å². The van der Waals surface area contributed by atoms with E-state index in [1.54, 1.807) is 0 Å². The number of nitrogens with zero attached hydrogens (tertiary/aromatic N) is 3. The highest BCUT2D eigenvalue weighted by Crippen LogP contribution is 2.34. The number of piperidine rings is 1. The molecule has 22 heavy (non-hydrogen) atoms. The molecular formula is C17H31N3O2. The summed E-state index contributed by atoms with van der Waals surface area (Å²) in [5.74, 6) is 0. The number of aliphatic hydroxyl groups is 1. The Hall–Kier alpha value is -1.07. The number of amides is 2. The van der Waals surface area contributed by atoms with E-state index in [1.165, 1.54) is 5.57 Å². The van der Waals surface area contributed by atoms with Gasteiger partial charge in [0.25, 0.3) is 0 Å². The Morgan fingerprint density at radius 2 is 1.82 bits per heavy atom. The van der Waals surface area contributed by atoms with Crippen LogP contribution in [-0.2, 0) is 0 Å². The lowest BCUT2D eigenvalue weighted by Crippen LogP contribution is -2.56. The molecule has 2 aliphatic heterocycles. The van der Waals surface area contributed by atoms with Crippen LogP contribution in [0.25, 0.3) is 0 Å². The van der Waals surface area contributed by atoms with Crippen LogP contribution in [0.2, 0.25) is 0 Å². The highest BCUT2D eigenvalue weighted by atomic mass is 16.3. The van der Waals surface area contributed by atoms with Crippen LogP contribution in [0.3, 0.4) is 0 Å². The lowest BCUT2D eigenvalue weighted by Gasteiger charge is -2.44. The number of carbonyl (C=O) groups is 1. The standard InChI is InChI=1S/C17H31N3O2/c1-15(2)5-7-17(14-21)6-4-8-20(13-17)16(22)19-11-9-18(3)10-12-19/h5,21H,4,6-14H2,1-3H3. The summed E-state index contributed by atoms with van der Waals surface area (Å²) < 4.78 is 0. The van der Waals surface area contributed by atoms with Crippen molar-refractivity contribution < 1.29 is 9.90 Å². The van der Waals surface area contributed by atoms with Crippen LogP contribution in [0.15, 0.2) is 11.6 Å². The molecule has 0 aromatic heterocycles. The SMILES string of the molecule is CC(C)=CCC1(CO)CCCN(C(=O)N2CCN(C)CC2)C1. The molecule has 2 aliphatic rings. The number of carbonyl (C=O) groups excluding carboxylic acids is 1. The van der Waals surface area contributed by atoms with Crippen LogP contribution in [0.1, 0.15) is 33.1 Å². The number of likely N-dealkylation sites (N-methyl/N-ethyl adjacent to an activating group) is 1. The Balaban J connectivity index is 1.99. The molecule has 5 nitrogen and oxygen atoms in total. The molecule has 1 N–H and O–H groups in total. The van der Waals surface area contributed by atoms with Crippen LogP contribution in [-0.4, -0.2) is 78.8 Å². The van der Waals surface area contributed by atoms with Gasteiger partial charge in [0.05, 0.1) is 6.61 Å². The van der Waals surface area contributed by atoms with Crippen molar-refractivity contribution in [3.8, 4) is 0 Å². The number of rotatable bonds is 3. The molecule has 2 saturated heterocycles. The summed E-state index contributed by atoms with van der Waals surface area (Å²) in [6.45, 7) is 9.34. The van der Waals surface area contributed by atoms with Crippen molar-refractivity contribution in [3.63, 3.8) is 0 Å². The van der Waals surface area contributed by atoms with Gasteiger partial charge in [-0.2, -0.15) is 0 Å². The van der Waals surface area contributed by atoms with Gasteiger partial charge < -0.3 is 19.8 Å². The second kappa shape index (κ2) is 7.47. The first-order chi connectivity index (χ1) is 10.5. The van der Waals surface area contributed by atoms with Crippen molar-refractivity contribution in [1.82, 2.24) is 14.7 Å². The van der Waals surface area contributed by atoms with Gasteiger partial charge in [0.15, 0.2) is 0 Å². The summed E-state index contributed by atoms with van der Waals surface area (Å²) in [6, 6.07) is 0.155. The van der Waals surface area contributed by atoms with Crippen molar-refractivity contribution in [2.24, 2.45) is 5.41 Å². The van der Waals surface area contributed by atoms with E-state index in [2.05, 4.69) is 31.9 Å². The zero-order chi connectivity index (χ0) is 16.2. The second-order valence-electron chi connectivity index (χ2n) is 7.24. The first-order valence-corrected chi connectivity index (χ1v) is 8.42. The van der Waals surface area contributed by atoms with E-state index in [9.17, 15) is 9.90 Å². The Morgan fingerprint density at radius 1 is 1.14 bits per heavy atom. The van der Waals surface area contributed by atoms with Gasteiger partial charge in [0, 0.05) is 44.7 Å². The molecule has 0 spiro atoms. The molecule has 5 heteroatoms. The van der Waals surface area contributed by atoms with E-state index in [0.29, 0.717) is 6.54 Å². The molecule has 0 saturated carbocycles. The van der Waals surface area contributed by atoms with Crippen molar-refractivity contribution >= 4 is 6.03 Å². The summed E-state index contributed by atoms with van der Waals surface area (Å²) in [7, 11) is 2.10. The summed E-state index contributed by atoms with van der Waals surface area (Å²) >= 11 is 0. The van der Waals surface area contributed by atoms with Gasteiger partial charge in [-0.15, -0.1) is 0 Å². The minimum atomic E-state index is -0.155. The van der Waals surface area contributed by atoms with Gasteiger partial charge in [-0.25, -0.2) is 4.79 Å². The van der Waals surface area contributed by atoms with Gasteiger partial charge in [-0.3, -0.25) is 0 Å². The molecule has 2 heterocycles. The summed E-state index contributed by atoms with van der Waals surface area (Å²) in [5, 5.41) is 9.91. The molecule has 0 radical (unpaired) electrons. The summed E-state index contributed by atoms with van der Waals surface area (Å²) in [6.07, 6.45) is 5.04. The fraction of sp³-hybridized carbons (Fsp3) is 0.824. The first-order valence-electron chi connectivity index (χ1n) is 8.42. The lowest BCUT2D eigenvalue weighted by atomic mass is 9.77. The minimum absolute atomic E-state index is 0.155. The first kappa shape index (κ1) is 17.3. The molecular weight excluding hydrogens is 278 g/mol. The molecule has 1 atom stereocenters. The molecule has 2 amide bonds.